The lowest BCUT2D eigenvalue weighted by Gasteiger charge is -2.13. The fourth-order valence-electron chi connectivity index (χ4n) is 3.08. The minimum atomic E-state index is -4.53. The fraction of sp³-hybridized carbons (Fsp3) is 0.0909. The van der Waals surface area contributed by atoms with Crippen LogP contribution in [-0.4, -0.2) is 16.0 Å². The van der Waals surface area contributed by atoms with E-state index in [4.69, 9.17) is 4.42 Å². The third-order valence-corrected chi connectivity index (χ3v) is 6.24. The van der Waals surface area contributed by atoms with E-state index in [1.165, 1.54) is 36.4 Å². The second-order valence-electron chi connectivity index (χ2n) is 6.60. The van der Waals surface area contributed by atoms with E-state index in [2.05, 4.69) is 15.9 Å². The molecule has 0 bridgehead atoms. The zero-order chi connectivity index (χ0) is 22.2. The predicted molar refractivity (Wildman–Crippen MR) is 115 cm³/mol. The first kappa shape index (κ1) is 21.5. The van der Waals surface area contributed by atoms with Gasteiger partial charge < -0.3 is 4.42 Å². The minimum Gasteiger partial charge on any atom is -0.457 e. The van der Waals surface area contributed by atoms with Gasteiger partial charge in [-0.25, -0.2) is 0 Å². The Labute approximate surface area is 187 Å². The van der Waals surface area contributed by atoms with E-state index in [9.17, 15) is 22.8 Å². The first-order chi connectivity index (χ1) is 14.7. The van der Waals surface area contributed by atoms with Crippen molar-refractivity contribution in [1.82, 2.24) is 4.90 Å². The van der Waals surface area contributed by atoms with Gasteiger partial charge >= 0.3 is 6.18 Å². The molecule has 4 nitrogen and oxygen atoms in total. The van der Waals surface area contributed by atoms with Gasteiger partial charge in [-0.3, -0.25) is 14.5 Å². The summed E-state index contributed by atoms with van der Waals surface area (Å²) in [5.74, 6) is -0.288. The maximum atomic E-state index is 13.3. The van der Waals surface area contributed by atoms with E-state index < -0.39 is 22.9 Å². The number of benzene rings is 2. The normalized spacial score (nSPS) is 15.9. The number of amides is 2. The number of hydrogen-bond donors (Lipinski definition) is 0. The summed E-state index contributed by atoms with van der Waals surface area (Å²) < 4.78 is 46.1. The van der Waals surface area contributed by atoms with Gasteiger partial charge in [-0.05, 0) is 41.6 Å². The molecule has 9 heteroatoms. The van der Waals surface area contributed by atoms with E-state index in [0.717, 1.165) is 32.8 Å². The highest BCUT2D eigenvalue weighted by atomic mass is 79.9. The van der Waals surface area contributed by atoms with E-state index in [1.54, 1.807) is 12.1 Å². The van der Waals surface area contributed by atoms with Gasteiger partial charge in [0.25, 0.3) is 11.1 Å². The smallest absolute Gasteiger partial charge is 0.417 e. The largest absolute Gasteiger partial charge is 0.457 e. The molecule has 0 radical (unpaired) electrons. The van der Waals surface area contributed by atoms with E-state index in [0.29, 0.717) is 0 Å². The second kappa shape index (κ2) is 8.39. The average Bonchev–Trinajstić information content (AvgIpc) is 3.29. The van der Waals surface area contributed by atoms with E-state index in [1.807, 2.05) is 12.1 Å². The number of alkyl halides is 3. The van der Waals surface area contributed by atoms with Crippen molar-refractivity contribution in [1.29, 1.82) is 0 Å². The monoisotopic (exact) mass is 507 g/mol. The lowest BCUT2D eigenvalue weighted by molar-refractivity contribution is -0.137. The summed E-state index contributed by atoms with van der Waals surface area (Å²) in [6.07, 6.45) is -3.16. The van der Waals surface area contributed by atoms with Crippen LogP contribution < -0.4 is 0 Å². The third kappa shape index (κ3) is 4.47. The van der Waals surface area contributed by atoms with E-state index >= 15 is 0 Å². The molecular formula is C22H13BrF3NO3S. The maximum Gasteiger partial charge on any atom is 0.417 e. The summed E-state index contributed by atoms with van der Waals surface area (Å²) in [5.41, 5.74) is -0.142. The van der Waals surface area contributed by atoms with Gasteiger partial charge in [0, 0.05) is 16.1 Å². The van der Waals surface area contributed by atoms with Gasteiger partial charge in [-0.2, -0.15) is 13.2 Å². The Bertz CT molecular complexity index is 1200. The Morgan fingerprint density at radius 1 is 1.00 bits per heavy atom. The maximum absolute atomic E-state index is 13.3. The minimum absolute atomic E-state index is 0.0200. The van der Waals surface area contributed by atoms with Crippen LogP contribution in [0.15, 0.2) is 74.5 Å². The molecule has 0 saturated carbocycles. The lowest BCUT2D eigenvalue weighted by Crippen LogP contribution is -2.27. The van der Waals surface area contributed by atoms with Crippen molar-refractivity contribution in [2.75, 3.05) is 0 Å². The molecule has 1 aromatic heterocycles. The molecule has 2 heterocycles. The molecule has 2 amide bonds. The zero-order valence-corrected chi connectivity index (χ0v) is 18.1. The van der Waals surface area contributed by atoms with Gasteiger partial charge in [0.05, 0.1) is 17.0 Å². The Morgan fingerprint density at radius 3 is 2.45 bits per heavy atom. The molecule has 1 saturated heterocycles. The molecular weight excluding hydrogens is 495 g/mol. The Balaban J connectivity index is 1.59. The first-order valence-corrected chi connectivity index (χ1v) is 10.6. The fourth-order valence-corrected chi connectivity index (χ4v) is 4.31. The van der Waals surface area contributed by atoms with Gasteiger partial charge in [0.2, 0.25) is 0 Å². The summed E-state index contributed by atoms with van der Waals surface area (Å²) in [6.45, 7) is 0.103. The number of hydrogen-bond acceptors (Lipinski definition) is 4. The number of carbonyl (C=O) groups is 2. The number of rotatable bonds is 4. The van der Waals surface area contributed by atoms with Crippen molar-refractivity contribution in [3.8, 4) is 11.3 Å². The summed E-state index contributed by atoms with van der Waals surface area (Å²) >= 11 is 4.15. The average molecular weight is 508 g/mol. The van der Waals surface area contributed by atoms with Gasteiger partial charge in [0.1, 0.15) is 11.5 Å². The van der Waals surface area contributed by atoms with Crippen molar-refractivity contribution >= 4 is 44.9 Å². The van der Waals surface area contributed by atoms with Crippen LogP contribution in [0.5, 0.6) is 0 Å². The third-order valence-electron chi connectivity index (χ3n) is 4.56. The van der Waals surface area contributed by atoms with Crippen molar-refractivity contribution in [3.05, 3.63) is 86.9 Å². The molecule has 158 valence electrons. The highest BCUT2D eigenvalue weighted by Gasteiger charge is 2.36. The number of thioether (sulfide) groups is 1. The standard InChI is InChI=1S/C22H13BrF3NO3S/c23-17-8-4-1-5-13(17)12-27-20(28)19(31-21(27)29)11-14-9-10-18(30-14)15-6-2-3-7-16(15)22(24,25)26/h1-11H,12H2/b19-11+. The number of halogens is 4. The summed E-state index contributed by atoms with van der Waals surface area (Å²) in [4.78, 5) is 26.3. The summed E-state index contributed by atoms with van der Waals surface area (Å²) in [6, 6.07) is 15.2. The quantitative estimate of drug-likeness (QED) is 0.358. The number of furan rings is 1. The van der Waals surface area contributed by atoms with Crippen LogP contribution in [-0.2, 0) is 17.5 Å². The van der Waals surface area contributed by atoms with Crippen LogP contribution in [0, 0.1) is 0 Å². The highest BCUT2D eigenvalue weighted by Crippen LogP contribution is 2.39. The van der Waals surface area contributed by atoms with Gasteiger partial charge in [0.15, 0.2) is 0 Å². The van der Waals surface area contributed by atoms with Crippen molar-refractivity contribution in [2.24, 2.45) is 0 Å². The molecule has 0 aliphatic carbocycles. The molecule has 1 aliphatic heterocycles. The number of imide groups is 1. The van der Waals surface area contributed by atoms with E-state index in [-0.39, 0.29) is 28.5 Å². The molecule has 0 unspecified atom stereocenters. The van der Waals surface area contributed by atoms with Crippen LogP contribution in [0.2, 0.25) is 0 Å². The van der Waals surface area contributed by atoms with Crippen LogP contribution in [0.4, 0.5) is 18.0 Å². The summed E-state index contributed by atoms with van der Waals surface area (Å²) in [5, 5.41) is -0.429. The van der Waals surface area contributed by atoms with Crippen molar-refractivity contribution < 1.29 is 27.2 Å². The van der Waals surface area contributed by atoms with Crippen LogP contribution in [0.1, 0.15) is 16.9 Å². The molecule has 0 atom stereocenters. The van der Waals surface area contributed by atoms with Crippen molar-refractivity contribution in [2.45, 2.75) is 12.7 Å². The Kier molecular flexibility index (Phi) is 5.81. The molecule has 1 aliphatic rings. The topological polar surface area (TPSA) is 50.5 Å². The Hall–Kier alpha value is -2.78. The molecule has 1 fully saturated rings. The SMILES string of the molecule is O=C1S/C(=C/c2ccc(-c3ccccc3C(F)(F)F)o2)C(=O)N1Cc1ccccc1Br. The van der Waals surface area contributed by atoms with Gasteiger partial charge in [-0.15, -0.1) is 0 Å². The second-order valence-corrected chi connectivity index (χ2v) is 8.45. The lowest BCUT2D eigenvalue weighted by atomic mass is 10.1. The molecule has 3 aromatic rings. The molecule has 4 rings (SSSR count). The predicted octanol–water partition coefficient (Wildman–Crippen LogP) is 6.96. The first-order valence-electron chi connectivity index (χ1n) is 8.99. The van der Waals surface area contributed by atoms with Crippen LogP contribution in [0.3, 0.4) is 0 Å². The number of nitrogens with zero attached hydrogens (tertiary/aromatic N) is 1. The molecule has 31 heavy (non-hydrogen) atoms. The number of carbonyl (C=O) groups excluding carboxylic acids is 2. The zero-order valence-electron chi connectivity index (χ0n) is 15.7. The molecule has 0 N–H and O–H groups in total. The van der Waals surface area contributed by atoms with Crippen LogP contribution in [0.25, 0.3) is 17.4 Å². The molecule has 0 spiro atoms. The molecule has 2 aromatic carbocycles. The van der Waals surface area contributed by atoms with Gasteiger partial charge in [-0.1, -0.05) is 52.3 Å². The Morgan fingerprint density at radius 2 is 1.71 bits per heavy atom. The highest BCUT2D eigenvalue weighted by molar-refractivity contribution is 9.10. The summed E-state index contributed by atoms with van der Waals surface area (Å²) in [7, 11) is 0. The van der Waals surface area contributed by atoms with Crippen LogP contribution >= 0.6 is 27.7 Å². The van der Waals surface area contributed by atoms with Crippen molar-refractivity contribution in [3.63, 3.8) is 0 Å².